The molecule has 0 bridgehead atoms. The number of carbonyl (C=O) groups excluding carboxylic acids is 1. The third-order valence-electron chi connectivity index (χ3n) is 7.27. The number of hydrogen-bond donors (Lipinski definition) is 2. The molecule has 0 radical (unpaired) electrons. The topological polar surface area (TPSA) is 60.0 Å². The van der Waals surface area contributed by atoms with E-state index >= 15 is 0 Å². The molecule has 0 aromatic rings. The largest absolute Gasteiger partial charge is 0.359 e. The quantitative estimate of drug-likeness (QED) is 0.559. The normalized spacial score (nSPS) is 24.8. The van der Waals surface area contributed by atoms with Gasteiger partial charge in [0, 0.05) is 45.7 Å². The molecule has 1 aliphatic carbocycles. The van der Waals surface area contributed by atoms with Gasteiger partial charge in [-0.05, 0) is 57.5 Å². The highest BCUT2D eigenvalue weighted by Crippen LogP contribution is 2.35. The van der Waals surface area contributed by atoms with E-state index in [9.17, 15) is 4.79 Å². The highest BCUT2D eigenvalue weighted by molar-refractivity contribution is 5.80. The summed E-state index contributed by atoms with van der Waals surface area (Å²) in [7, 11) is 3.64. The molecule has 160 valence electrons. The second-order valence-electron chi connectivity index (χ2n) is 9.04. The van der Waals surface area contributed by atoms with Crippen LogP contribution < -0.4 is 10.6 Å². The molecule has 0 unspecified atom stereocenters. The summed E-state index contributed by atoms with van der Waals surface area (Å²) in [5, 5.41) is 6.52. The van der Waals surface area contributed by atoms with E-state index in [0.29, 0.717) is 17.9 Å². The van der Waals surface area contributed by atoms with Crippen LogP contribution in [0.5, 0.6) is 0 Å². The molecule has 0 spiro atoms. The van der Waals surface area contributed by atoms with Gasteiger partial charge in [-0.3, -0.25) is 14.7 Å². The number of carbonyl (C=O) groups is 1. The Hall–Kier alpha value is -1.30. The first-order chi connectivity index (χ1) is 13.7. The third kappa shape index (κ3) is 5.40. The summed E-state index contributed by atoms with van der Waals surface area (Å²) >= 11 is 0. The zero-order chi connectivity index (χ0) is 19.8. The van der Waals surface area contributed by atoms with E-state index in [2.05, 4.69) is 25.4 Å². The number of amides is 1. The van der Waals surface area contributed by atoms with Crippen LogP contribution in [0.2, 0.25) is 0 Å². The standard InChI is InChI=1S/C22H41N5O/c1-23-20(28)17-19-9-15-26(16-10-19)21(24-2)25-18-22(11-5-3-6-12-22)27-13-7-4-8-14-27/h19H,3-18H2,1-2H3,(H,23,28)(H,24,25). The molecule has 6 heteroatoms. The molecule has 28 heavy (non-hydrogen) atoms. The van der Waals surface area contributed by atoms with Gasteiger partial charge >= 0.3 is 0 Å². The number of likely N-dealkylation sites (tertiary alicyclic amines) is 2. The summed E-state index contributed by atoms with van der Waals surface area (Å²) in [6.07, 6.45) is 13.7. The number of piperidine rings is 2. The summed E-state index contributed by atoms with van der Waals surface area (Å²) < 4.78 is 0. The van der Waals surface area contributed by atoms with E-state index in [1.807, 2.05) is 7.05 Å². The minimum Gasteiger partial charge on any atom is -0.359 e. The number of hydrogen-bond acceptors (Lipinski definition) is 3. The Morgan fingerprint density at radius 3 is 2.25 bits per heavy atom. The maximum atomic E-state index is 11.6. The van der Waals surface area contributed by atoms with E-state index in [1.165, 1.54) is 64.5 Å². The lowest BCUT2D eigenvalue weighted by Gasteiger charge is -2.49. The fourth-order valence-electron chi connectivity index (χ4n) is 5.47. The highest BCUT2D eigenvalue weighted by Gasteiger charge is 2.38. The third-order valence-corrected chi connectivity index (χ3v) is 7.27. The summed E-state index contributed by atoms with van der Waals surface area (Å²) in [5.74, 6) is 1.73. The molecule has 2 saturated heterocycles. The molecule has 0 aromatic carbocycles. The van der Waals surface area contributed by atoms with Crippen LogP contribution in [0, 0.1) is 5.92 Å². The lowest BCUT2D eigenvalue weighted by Crippen LogP contribution is -2.59. The van der Waals surface area contributed by atoms with Crippen LogP contribution >= 0.6 is 0 Å². The summed E-state index contributed by atoms with van der Waals surface area (Å²) in [5.41, 5.74) is 0.326. The molecule has 3 rings (SSSR count). The number of rotatable bonds is 5. The van der Waals surface area contributed by atoms with Crippen molar-refractivity contribution < 1.29 is 4.79 Å². The number of guanidine groups is 1. The fourth-order valence-corrected chi connectivity index (χ4v) is 5.47. The zero-order valence-electron chi connectivity index (χ0n) is 18.1. The van der Waals surface area contributed by atoms with Gasteiger partial charge in [-0.2, -0.15) is 0 Å². The Kier molecular flexibility index (Phi) is 8.00. The maximum absolute atomic E-state index is 11.6. The second kappa shape index (κ2) is 10.5. The van der Waals surface area contributed by atoms with Gasteiger partial charge in [-0.25, -0.2) is 0 Å². The summed E-state index contributed by atoms with van der Waals surface area (Å²) in [4.78, 5) is 21.5. The Morgan fingerprint density at radius 1 is 1.00 bits per heavy atom. The van der Waals surface area contributed by atoms with Crippen molar-refractivity contribution in [2.75, 3.05) is 46.8 Å². The summed E-state index contributed by atoms with van der Waals surface area (Å²) in [6, 6.07) is 0. The van der Waals surface area contributed by atoms with E-state index < -0.39 is 0 Å². The van der Waals surface area contributed by atoms with Gasteiger partial charge in [-0.1, -0.05) is 25.7 Å². The van der Waals surface area contributed by atoms with Crippen LogP contribution in [-0.4, -0.2) is 74.0 Å². The van der Waals surface area contributed by atoms with Gasteiger partial charge in [0.15, 0.2) is 5.96 Å². The van der Waals surface area contributed by atoms with Crippen molar-refractivity contribution >= 4 is 11.9 Å². The molecule has 2 N–H and O–H groups in total. The molecule has 2 aliphatic heterocycles. The predicted octanol–water partition coefficient (Wildman–Crippen LogP) is 2.60. The fraction of sp³-hybridized carbons (Fsp3) is 0.909. The average Bonchev–Trinajstić information content (AvgIpc) is 2.76. The van der Waals surface area contributed by atoms with Gasteiger partial charge in [0.1, 0.15) is 0 Å². The van der Waals surface area contributed by atoms with Crippen molar-refractivity contribution in [2.45, 2.75) is 76.2 Å². The predicted molar refractivity (Wildman–Crippen MR) is 116 cm³/mol. The molecule has 1 amide bonds. The van der Waals surface area contributed by atoms with Crippen molar-refractivity contribution in [1.82, 2.24) is 20.4 Å². The van der Waals surface area contributed by atoms with Crippen molar-refractivity contribution in [1.29, 1.82) is 0 Å². The maximum Gasteiger partial charge on any atom is 0.220 e. The van der Waals surface area contributed by atoms with Gasteiger partial charge in [0.25, 0.3) is 0 Å². The SMILES string of the molecule is CN=C(NCC1(N2CCCCC2)CCCCC1)N1CCC(CC(=O)NC)CC1. The first-order valence-corrected chi connectivity index (χ1v) is 11.6. The molecule has 3 fully saturated rings. The first-order valence-electron chi connectivity index (χ1n) is 11.6. The molecule has 1 saturated carbocycles. The van der Waals surface area contributed by atoms with Crippen molar-refractivity contribution in [3.8, 4) is 0 Å². The second-order valence-corrected chi connectivity index (χ2v) is 9.04. The summed E-state index contributed by atoms with van der Waals surface area (Å²) in [6.45, 7) is 5.56. The molecule has 2 heterocycles. The smallest absolute Gasteiger partial charge is 0.220 e. The van der Waals surface area contributed by atoms with E-state index in [0.717, 1.165) is 38.4 Å². The Balaban J connectivity index is 1.54. The lowest BCUT2D eigenvalue weighted by atomic mass is 9.79. The number of nitrogens with zero attached hydrogens (tertiary/aromatic N) is 3. The van der Waals surface area contributed by atoms with Crippen molar-refractivity contribution in [3.05, 3.63) is 0 Å². The molecule has 6 nitrogen and oxygen atoms in total. The minimum atomic E-state index is 0.168. The van der Waals surface area contributed by atoms with E-state index in [1.54, 1.807) is 7.05 Å². The van der Waals surface area contributed by atoms with Gasteiger partial charge < -0.3 is 15.5 Å². The Labute approximate surface area is 171 Å². The monoisotopic (exact) mass is 391 g/mol. The molecule has 3 aliphatic rings. The molecular weight excluding hydrogens is 350 g/mol. The lowest BCUT2D eigenvalue weighted by molar-refractivity contribution is -0.121. The van der Waals surface area contributed by atoms with E-state index in [4.69, 9.17) is 0 Å². The minimum absolute atomic E-state index is 0.168. The van der Waals surface area contributed by atoms with Crippen LogP contribution in [0.15, 0.2) is 4.99 Å². The molecular formula is C22H41N5O. The van der Waals surface area contributed by atoms with Gasteiger partial charge in [-0.15, -0.1) is 0 Å². The Bertz CT molecular complexity index is 515. The average molecular weight is 392 g/mol. The van der Waals surface area contributed by atoms with Crippen molar-refractivity contribution in [3.63, 3.8) is 0 Å². The molecule has 0 atom stereocenters. The first kappa shape index (κ1) is 21.4. The zero-order valence-corrected chi connectivity index (χ0v) is 18.1. The van der Waals surface area contributed by atoms with Crippen LogP contribution in [0.3, 0.4) is 0 Å². The highest BCUT2D eigenvalue weighted by atomic mass is 16.1. The van der Waals surface area contributed by atoms with E-state index in [-0.39, 0.29) is 5.91 Å². The van der Waals surface area contributed by atoms with Crippen molar-refractivity contribution in [2.24, 2.45) is 10.9 Å². The Morgan fingerprint density at radius 2 is 1.64 bits per heavy atom. The number of nitrogens with one attached hydrogen (secondary N) is 2. The van der Waals surface area contributed by atoms with Crippen LogP contribution in [0.1, 0.15) is 70.6 Å². The van der Waals surface area contributed by atoms with Crippen LogP contribution in [0.4, 0.5) is 0 Å². The molecule has 0 aromatic heterocycles. The van der Waals surface area contributed by atoms with Gasteiger partial charge in [0.2, 0.25) is 5.91 Å². The van der Waals surface area contributed by atoms with Crippen LogP contribution in [0.25, 0.3) is 0 Å². The van der Waals surface area contributed by atoms with Gasteiger partial charge in [0.05, 0.1) is 0 Å². The van der Waals surface area contributed by atoms with Crippen LogP contribution in [-0.2, 0) is 4.79 Å². The number of aliphatic imine (C=N–C) groups is 1.